The highest BCUT2D eigenvalue weighted by atomic mass is 16.2. The van der Waals surface area contributed by atoms with Crippen molar-refractivity contribution in [3.05, 3.63) is 18.1 Å². The van der Waals surface area contributed by atoms with E-state index in [1.54, 1.807) is 0 Å². The Balaban J connectivity index is 2.17. The van der Waals surface area contributed by atoms with Gasteiger partial charge in [-0.05, 0) is 26.9 Å². The summed E-state index contributed by atoms with van der Waals surface area (Å²) in [6, 6.07) is 0.174. The molecule has 1 aliphatic rings. The normalized spacial score (nSPS) is 21.7. The van der Waals surface area contributed by atoms with Crippen molar-refractivity contribution in [2.24, 2.45) is 0 Å². The standard InChI is InChI=1S/C12H19N5O/c1-9-8-16(2)4-3-5-17(9)12(18)10-6-14-7-11(13)15-10/h6-7,9H,3-5,8H2,1-2H3,(H2,13,15). The molecule has 2 heterocycles. The lowest BCUT2D eigenvalue weighted by molar-refractivity contribution is 0.0690. The van der Waals surface area contributed by atoms with Crippen molar-refractivity contribution < 1.29 is 4.79 Å². The van der Waals surface area contributed by atoms with Gasteiger partial charge in [0.05, 0.1) is 12.4 Å². The van der Waals surface area contributed by atoms with E-state index in [4.69, 9.17) is 5.73 Å². The predicted octanol–water partition coefficient (Wildman–Crippen LogP) is 0.225. The van der Waals surface area contributed by atoms with Crippen LogP contribution in [0.5, 0.6) is 0 Å². The summed E-state index contributed by atoms with van der Waals surface area (Å²) in [7, 11) is 2.07. The summed E-state index contributed by atoms with van der Waals surface area (Å²) in [6.07, 6.45) is 3.89. The second kappa shape index (κ2) is 5.30. The minimum atomic E-state index is -0.0856. The summed E-state index contributed by atoms with van der Waals surface area (Å²) in [4.78, 5) is 24.4. The maximum atomic E-state index is 12.4. The molecule has 0 aromatic carbocycles. The second-order valence-corrected chi connectivity index (χ2v) is 4.79. The largest absolute Gasteiger partial charge is 0.382 e. The van der Waals surface area contributed by atoms with E-state index in [1.807, 2.05) is 4.90 Å². The molecule has 0 spiro atoms. The molecule has 1 atom stereocenters. The Morgan fingerprint density at radius 3 is 2.94 bits per heavy atom. The van der Waals surface area contributed by atoms with Crippen LogP contribution in [0.3, 0.4) is 0 Å². The van der Waals surface area contributed by atoms with Crippen LogP contribution in [-0.2, 0) is 0 Å². The third-order valence-electron chi connectivity index (χ3n) is 3.18. The van der Waals surface area contributed by atoms with Gasteiger partial charge in [0.2, 0.25) is 0 Å². The van der Waals surface area contributed by atoms with Gasteiger partial charge in [-0.25, -0.2) is 4.98 Å². The van der Waals surface area contributed by atoms with Crippen LogP contribution in [0.25, 0.3) is 0 Å². The third-order valence-corrected chi connectivity index (χ3v) is 3.18. The highest BCUT2D eigenvalue weighted by Gasteiger charge is 2.25. The number of aromatic nitrogens is 2. The number of likely N-dealkylation sites (N-methyl/N-ethyl adjacent to an activating group) is 1. The van der Waals surface area contributed by atoms with Gasteiger partial charge in [-0.2, -0.15) is 0 Å². The Hall–Kier alpha value is -1.69. The molecular formula is C12H19N5O. The number of hydrogen-bond donors (Lipinski definition) is 1. The zero-order chi connectivity index (χ0) is 13.1. The summed E-state index contributed by atoms with van der Waals surface area (Å²) in [5, 5.41) is 0. The second-order valence-electron chi connectivity index (χ2n) is 4.79. The van der Waals surface area contributed by atoms with E-state index < -0.39 is 0 Å². The zero-order valence-electron chi connectivity index (χ0n) is 10.8. The molecular weight excluding hydrogens is 230 g/mol. The van der Waals surface area contributed by atoms with Gasteiger partial charge in [0, 0.05) is 19.1 Å². The molecule has 6 heteroatoms. The van der Waals surface area contributed by atoms with Crippen LogP contribution in [0, 0.1) is 0 Å². The number of carbonyl (C=O) groups is 1. The number of hydrogen-bond acceptors (Lipinski definition) is 5. The van der Waals surface area contributed by atoms with Gasteiger partial charge >= 0.3 is 0 Å². The van der Waals surface area contributed by atoms with Crippen molar-refractivity contribution in [1.29, 1.82) is 0 Å². The molecule has 1 aromatic heterocycles. The molecule has 1 unspecified atom stereocenters. The van der Waals surface area contributed by atoms with Crippen LogP contribution in [0.2, 0.25) is 0 Å². The fraction of sp³-hybridized carbons (Fsp3) is 0.583. The Kier molecular flexibility index (Phi) is 3.76. The number of amides is 1. The first-order chi connectivity index (χ1) is 8.58. The fourth-order valence-electron chi connectivity index (χ4n) is 2.31. The lowest BCUT2D eigenvalue weighted by Gasteiger charge is -2.27. The molecule has 6 nitrogen and oxygen atoms in total. The van der Waals surface area contributed by atoms with E-state index in [0.717, 1.165) is 26.1 Å². The minimum absolute atomic E-state index is 0.0856. The monoisotopic (exact) mass is 249 g/mol. The lowest BCUT2D eigenvalue weighted by Crippen LogP contribution is -2.42. The van der Waals surface area contributed by atoms with E-state index in [0.29, 0.717) is 5.69 Å². The molecule has 98 valence electrons. The fourth-order valence-corrected chi connectivity index (χ4v) is 2.31. The summed E-state index contributed by atoms with van der Waals surface area (Å²) in [6.45, 7) is 4.69. The zero-order valence-corrected chi connectivity index (χ0v) is 10.8. The number of carbonyl (C=O) groups excluding carboxylic acids is 1. The minimum Gasteiger partial charge on any atom is -0.382 e. The Morgan fingerprint density at radius 1 is 1.44 bits per heavy atom. The van der Waals surface area contributed by atoms with Crippen molar-refractivity contribution in [1.82, 2.24) is 19.8 Å². The predicted molar refractivity (Wildman–Crippen MR) is 69.1 cm³/mol. The number of anilines is 1. The van der Waals surface area contributed by atoms with Crippen LogP contribution in [-0.4, -0.2) is 58.4 Å². The van der Waals surface area contributed by atoms with Gasteiger partial charge < -0.3 is 15.5 Å². The topological polar surface area (TPSA) is 75.3 Å². The first-order valence-electron chi connectivity index (χ1n) is 6.15. The third kappa shape index (κ3) is 2.76. The van der Waals surface area contributed by atoms with Gasteiger partial charge in [-0.3, -0.25) is 9.78 Å². The first kappa shape index (κ1) is 12.8. The van der Waals surface area contributed by atoms with E-state index in [2.05, 4.69) is 28.8 Å². The van der Waals surface area contributed by atoms with Crippen LogP contribution in [0.15, 0.2) is 12.4 Å². The molecule has 0 saturated carbocycles. The van der Waals surface area contributed by atoms with E-state index >= 15 is 0 Å². The SMILES string of the molecule is CC1CN(C)CCCN1C(=O)c1cncc(N)n1. The molecule has 1 aliphatic heterocycles. The molecule has 0 bridgehead atoms. The number of rotatable bonds is 1. The molecule has 1 aromatic rings. The highest BCUT2D eigenvalue weighted by molar-refractivity contribution is 5.92. The van der Waals surface area contributed by atoms with E-state index in [-0.39, 0.29) is 17.8 Å². The Morgan fingerprint density at radius 2 is 2.22 bits per heavy atom. The van der Waals surface area contributed by atoms with Gasteiger partial charge in [-0.15, -0.1) is 0 Å². The van der Waals surface area contributed by atoms with Crippen LogP contribution in [0.4, 0.5) is 5.82 Å². The maximum absolute atomic E-state index is 12.4. The number of nitrogens with two attached hydrogens (primary N) is 1. The van der Waals surface area contributed by atoms with Crippen molar-refractivity contribution >= 4 is 11.7 Å². The van der Waals surface area contributed by atoms with Gasteiger partial charge in [-0.1, -0.05) is 0 Å². The summed E-state index contributed by atoms with van der Waals surface area (Å²) >= 11 is 0. The first-order valence-corrected chi connectivity index (χ1v) is 6.15. The Labute approximate surface area is 107 Å². The van der Waals surface area contributed by atoms with Crippen molar-refractivity contribution in [3.63, 3.8) is 0 Å². The van der Waals surface area contributed by atoms with Gasteiger partial charge in [0.25, 0.3) is 5.91 Å². The average Bonchev–Trinajstić information content (AvgIpc) is 2.49. The smallest absolute Gasteiger partial charge is 0.274 e. The number of nitrogens with zero attached hydrogens (tertiary/aromatic N) is 4. The van der Waals surface area contributed by atoms with Crippen molar-refractivity contribution in [2.45, 2.75) is 19.4 Å². The average molecular weight is 249 g/mol. The molecule has 1 amide bonds. The highest BCUT2D eigenvalue weighted by Crippen LogP contribution is 2.12. The molecule has 18 heavy (non-hydrogen) atoms. The number of nitrogen functional groups attached to an aromatic ring is 1. The van der Waals surface area contributed by atoms with Crippen LogP contribution >= 0.6 is 0 Å². The summed E-state index contributed by atoms with van der Waals surface area (Å²) < 4.78 is 0. The van der Waals surface area contributed by atoms with Crippen molar-refractivity contribution in [3.8, 4) is 0 Å². The molecule has 1 fully saturated rings. The molecule has 1 saturated heterocycles. The van der Waals surface area contributed by atoms with Crippen molar-refractivity contribution in [2.75, 3.05) is 32.4 Å². The molecule has 0 radical (unpaired) electrons. The molecule has 2 N–H and O–H groups in total. The molecule has 0 aliphatic carbocycles. The maximum Gasteiger partial charge on any atom is 0.274 e. The van der Waals surface area contributed by atoms with E-state index in [1.165, 1.54) is 12.4 Å². The lowest BCUT2D eigenvalue weighted by atomic mass is 10.2. The van der Waals surface area contributed by atoms with Gasteiger partial charge in [0.1, 0.15) is 11.5 Å². The van der Waals surface area contributed by atoms with Crippen LogP contribution < -0.4 is 5.73 Å². The summed E-state index contributed by atoms with van der Waals surface area (Å²) in [5.41, 5.74) is 5.89. The molecule has 2 rings (SSSR count). The quantitative estimate of drug-likeness (QED) is 0.771. The van der Waals surface area contributed by atoms with Crippen LogP contribution in [0.1, 0.15) is 23.8 Å². The summed E-state index contributed by atoms with van der Waals surface area (Å²) in [5.74, 6) is 0.193. The Bertz CT molecular complexity index is 436. The van der Waals surface area contributed by atoms with E-state index in [9.17, 15) is 4.79 Å². The van der Waals surface area contributed by atoms with Gasteiger partial charge in [0.15, 0.2) is 0 Å².